The number of benzene rings is 1. The Bertz CT molecular complexity index is 668. The molecule has 132 valence electrons. The molecule has 0 atom stereocenters. The van der Waals surface area contributed by atoms with E-state index in [2.05, 4.69) is 10.4 Å². The molecule has 0 bridgehead atoms. The van der Waals surface area contributed by atoms with Gasteiger partial charge in [0.2, 0.25) is 0 Å². The lowest BCUT2D eigenvalue weighted by molar-refractivity contribution is 0.0942. The molecule has 0 unspecified atom stereocenters. The summed E-state index contributed by atoms with van der Waals surface area (Å²) in [6.45, 7) is 5.03. The third kappa shape index (κ3) is 5.23. The molecule has 3 N–H and O–H groups in total. The number of amides is 1. The fourth-order valence-electron chi connectivity index (χ4n) is 2.23. The van der Waals surface area contributed by atoms with Crippen LogP contribution in [-0.4, -0.2) is 27.8 Å². The summed E-state index contributed by atoms with van der Waals surface area (Å²) in [4.78, 5) is 12.2. The highest BCUT2D eigenvalue weighted by Gasteiger charge is 2.21. The Morgan fingerprint density at radius 1 is 1.33 bits per heavy atom. The van der Waals surface area contributed by atoms with Crippen molar-refractivity contribution >= 4 is 29.9 Å². The number of nitrogens with zero attached hydrogens (tertiary/aromatic N) is 2. The number of nitrogens with two attached hydrogens (primary N) is 1. The first kappa shape index (κ1) is 20.5. The molecule has 0 spiro atoms. The van der Waals surface area contributed by atoms with Gasteiger partial charge >= 0.3 is 0 Å². The summed E-state index contributed by atoms with van der Waals surface area (Å²) >= 11 is 6.14. The molecule has 0 aliphatic carbocycles. The van der Waals surface area contributed by atoms with Crippen LogP contribution in [0.25, 0.3) is 0 Å². The fraction of sp³-hybridized carbons (Fsp3) is 0.412. The lowest BCUT2D eigenvalue weighted by Gasteiger charge is -2.26. The molecule has 0 saturated carbocycles. The van der Waals surface area contributed by atoms with E-state index in [4.69, 9.17) is 17.3 Å². The van der Waals surface area contributed by atoms with E-state index in [1.165, 1.54) is 0 Å². The van der Waals surface area contributed by atoms with Crippen molar-refractivity contribution in [3.8, 4) is 0 Å². The van der Waals surface area contributed by atoms with E-state index >= 15 is 0 Å². The molecule has 0 radical (unpaired) electrons. The van der Waals surface area contributed by atoms with Crippen LogP contribution in [0.15, 0.2) is 36.7 Å². The van der Waals surface area contributed by atoms with E-state index in [1.807, 2.05) is 38.1 Å². The van der Waals surface area contributed by atoms with E-state index in [1.54, 1.807) is 17.1 Å². The summed E-state index contributed by atoms with van der Waals surface area (Å²) in [7, 11) is 0. The summed E-state index contributed by atoms with van der Waals surface area (Å²) < 4.78 is 1.70. The average molecular weight is 371 g/mol. The Labute approximate surface area is 154 Å². The average Bonchev–Trinajstić information content (AvgIpc) is 3.03. The van der Waals surface area contributed by atoms with E-state index < -0.39 is 0 Å². The number of halogens is 2. The third-order valence-electron chi connectivity index (χ3n) is 4.19. The monoisotopic (exact) mass is 370 g/mol. The van der Waals surface area contributed by atoms with Crippen molar-refractivity contribution in [1.29, 1.82) is 0 Å². The van der Waals surface area contributed by atoms with Gasteiger partial charge in [-0.3, -0.25) is 9.48 Å². The molecule has 0 saturated heterocycles. The molecule has 24 heavy (non-hydrogen) atoms. The second-order valence-electron chi connectivity index (χ2n) is 5.77. The van der Waals surface area contributed by atoms with Crippen LogP contribution in [0.4, 0.5) is 0 Å². The van der Waals surface area contributed by atoms with Crippen LogP contribution < -0.4 is 11.1 Å². The van der Waals surface area contributed by atoms with Gasteiger partial charge in [0.15, 0.2) is 0 Å². The van der Waals surface area contributed by atoms with Crippen LogP contribution in [0.5, 0.6) is 0 Å². The van der Waals surface area contributed by atoms with Gasteiger partial charge in [-0.15, -0.1) is 12.4 Å². The van der Waals surface area contributed by atoms with Gasteiger partial charge in [-0.05, 0) is 24.5 Å². The third-order valence-corrected chi connectivity index (χ3v) is 4.56. The summed E-state index contributed by atoms with van der Waals surface area (Å²) in [5, 5.41) is 7.80. The molecule has 1 aromatic heterocycles. The predicted octanol–water partition coefficient (Wildman–Crippen LogP) is 3.25. The lowest BCUT2D eigenvalue weighted by atomic mass is 9.94. The minimum Gasteiger partial charge on any atom is -0.350 e. The Morgan fingerprint density at radius 3 is 2.62 bits per heavy atom. The Morgan fingerprint density at radius 2 is 2.00 bits per heavy atom. The van der Waals surface area contributed by atoms with Gasteiger partial charge in [-0.1, -0.05) is 43.6 Å². The second-order valence-corrected chi connectivity index (χ2v) is 6.18. The van der Waals surface area contributed by atoms with Crippen molar-refractivity contribution in [2.24, 2.45) is 5.73 Å². The van der Waals surface area contributed by atoms with Gasteiger partial charge in [0.1, 0.15) is 0 Å². The Hall–Kier alpha value is -1.56. The fourth-order valence-corrected chi connectivity index (χ4v) is 2.42. The van der Waals surface area contributed by atoms with Crippen LogP contribution in [0.1, 0.15) is 42.6 Å². The Kier molecular flexibility index (Phi) is 7.73. The highest BCUT2D eigenvalue weighted by atomic mass is 35.5. The standard InChI is InChI=1S/C17H23ClN4O.ClH/c1-3-17(19,4-2)12-20-16(23)14-9-21-22(11-14)10-13-7-5-6-8-15(13)18;/h5-9,11H,3-4,10,12,19H2,1-2H3,(H,20,23);1H. The zero-order chi connectivity index (χ0) is 16.9. The van der Waals surface area contributed by atoms with Crippen molar-refractivity contribution in [2.45, 2.75) is 38.8 Å². The molecule has 1 heterocycles. The molecule has 7 heteroatoms. The van der Waals surface area contributed by atoms with Crippen molar-refractivity contribution in [2.75, 3.05) is 6.54 Å². The number of carbonyl (C=O) groups excluding carboxylic acids is 1. The van der Waals surface area contributed by atoms with Crippen molar-refractivity contribution in [1.82, 2.24) is 15.1 Å². The molecular weight excluding hydrogens is 347 g/mol. The Balaban J connectivity index is 0.00000288. The van der Waals surface area contributed by atoms with Crippen molar-refractivity contribution in [3.05, 3.63) is 52.8 Å². The maximum atomic E-state index is 12.2. The summed E-state index contributed by atoms with van der Waals surface area (Å²) in [5.74, 6) is -0.160. The SMILES string of the molecule is CCC(N)(CC)CNC(=O)c1cnn(Cc2ccccc2Cl)c1.Cl. The van der Waals surface area contributed by atoms with Gasteiger partial charge in [-0.25, -0.2) is 0 Å². The first-order valence-corrected chi connectivity index (χ1v) is 8.18. The van der Waals surface area contributed by atoms with Crippen molar-refractivity contribution < 1.29 is 4.79 Å². The summed E-state index contributed by atoms with van der Waals surface area (Å²) in [6.07, 6.45) is 4.90. The van der Waals surface area contributed by atoms with Gasteiger partial charge in [-0.2, -0.15) is 5.10 Å². The van der Waals surface area contributed by atoms with Crippen LogP contribution in [0.2, 0.25) is 5.02 Å². The number of rotatable bonds is 7. The minimum absolute atomic E-state index is 0. The molecule has 1 amide bonds. The predicted molar refractivity (Wildman–Crippen MR) is 99.9 cm³/mol. The number of hydrogen-bond donors (Lipinski definition) is 2. The lowest BCUT2D eigenvalue weighted by Crippen LogP contribution is -2.49. The molecule has 0 aliphatic rings. The van der Waals surface area contributed by atoms with Crippen LogP contribution >= 0.6 is 24.0 Å². The molecular formula is C17H24Cl2N4O. The molecule has 2 rings (SSSR count). The maximum Gasteiger partial charge on any atom is 0.254 e. The zero-order valence-electron chi connectivity index (χ0n) is 14.0. The quantitative estimate of drug-likeness (QED) is 0.785. The number of nitrogens with one attached hydrogen (secondary N) is 1. The summed E-state index contributed by atoms with van der Waals surface area (Å²) in [5.41, 5.74) is 7.32. The number of carbonyl (C=O) groups is 1. The van der Waals surface area contributed by atoms with Crippen LogP contribution in [0.3, 0.4) is 0 Å². The van der Waals surface area contributed by atoms with E-state index in [9.17, 15) is 4.79 Å². The number of hydrogen-bond acceptors (Lipinski definition) is 3. The zero-order valence-corrected chi connectivity index (χ0v) is 15.5. The number of aromatic nitrogens is 2. The van der Waals surface area contributed by atoms with Gasteiger partial charge in [0, 0.05) is 23.3 Å². The van der Waals surface area contributed by atoms with Gasteiger partial charge < -0.3 is 11.1 Å². The van der Waals surface area contributed by atoms with Gasteiger partial charge in [0.05, 0.1) is 18.3 Å². The molecule has 0 aliphatic heterocycles. The van der Waals surface area contributed by atoms with Gasteiger partial charge in [0.25, 0.3) is 5.91 Å². The molecule has 0 fully saturated rings. The second kappa shape index (κ2) is 9.06. The van der Waals surface area contributed by atoms with Crippen LogP contribution in [0, 0.1) is 0 Å². The molecule has 2 aromatic rings. The van der Waals surface area contributed by atoms with E-state index in [0.29, 0.717) is 23.7 Å². The highest BCUT2D eigenvalue weighted by Crippen LogP contribution is 2.16. The van der Waals surface area contributed by atoms with Crippen LogP contribution in [-0.2, 0) is 6.54 Å². The summed E-state index contributed by atoms with van der Waals surface area (Å²) in [6, 6.07) is 7.59. The van der Waals surface area contributed by atoms with Crippen molar-refractivity contribution in [3.63, 3.8) is 0 Å². The van der Waals surface area contributed by atoms with E-state index in [-0.39, 0.29) is 23.9 Å². The van der Waals surface area contributed by atoms with E-state index in [0.717, 1.165) is 18.4 Å². The first-order valence-electron chi connectivity index (χ1n) is 7.80. The minimum atomic E-state index is -0.358. The largest absolute Gasteiger partial charge is 0.350 e. The maximum absolute atomic E-state index is 12.2. The normalized spacial score (nSPS) is 11.0. The smallest absolute Gasteiger partial charge is 0.254 e. The molecule has 5 nitrogen and oxygen atoms in total. The highest BCUT2D eigenvalue weighted by molar-refractivity contribution is 6.31. The first-order chi connectivity index (χ1) is 11.0. The topological polar surface area (TPSA) is 72.9 Å². The molecule has 1 aromatic carbocycles.